The molecule has 0 saturated carbocycles. The van der Waals surface area contributed by atoms with Crippen LogP contribution in [0.1, 0.15) is 16.9 Å². The van der Waals surface area contributed by atoms with Crippen molar-refractivity contribution in [3.05, 3.63) is 18.0 Å². The van der Waals surface area contributed by atoms with Gasteiger partial charge in [0.1, 0.15) is 5.69 Å². The number of nitrogens with zero attached hydrogens (tertiary/aromatic N) is 1. The summed E-state index contributed by atoms with van der Waals surface area (Å²) < 4.78 is 1.66. The minimum Gasteiger partial charge on any atom is -0.351 e. The Balaban J connectivity index is 2.66. The highest BCUT2D eigenvalue weighted by Crippen LogP contribution is 2.12. The van der Waals surface area contributed by atoms with E-state index in [0.29, 0.717) is 24.5 Å². The first-order valence-electron chi connectivity index (χ1n) is 5.63. The molecule has 0 radical (unpaired) electrons. The summed E-state index contributed by atoms with van der Waals surface area (Å²) in [5, 5.41) is 5.39. The lowest BCUT2D eigenvalue weighted by atomic mass is 10.3. The van der Waals surface area contributed by atoms with E-state index in [0.717, 1.165) is 6.42 Å². The van der Waals surface area contributed by atoms with Crippen molar-refractivity contribution >= 4 is 30.1 Å². The van der Waals surface area contributed by atoms with E-state index in [9.17, 15) is 9.59 Å². The van der Waals surface area contributed by atoms with Gasteiger partial charge in [0.2, 0.25) is 5.91 Å². The Morgan fingerprint density at radius 3 is 2.83 bits per heavy atom. The number of rotatable bonds is 6. The SMILES string of the molecule is Cn1cc(NC(=O)CS)cc1C(=O)NCCCN. The van der Waals surface area contributed by atoms with E-state index in [1.165, 1.54) is 0 Å². The first-order chi connectivity index (χ1) is 8.58. The van der Waals surface area contributed by atoms with Crippen LogP contribution < -0.4 is 16.4 Å². The quantitative estimate of drug-likeness (QED) is 0.432. The summed E-state index contributed by atoms with van der Waals surface area (Å²) in [5.41, 5.74) is 6.42. The second-order valence-corrected chi connectivity index (χ2v) is 4.15. The number of nitrogens with one attached hydrogen (secondary N) is 2. The first kappa shape index (κ1) is 14.6. The summed E-state index contributed by atoms with van der Waals surface area (Å²) in [6.07, 6.45) is 2.42. The number of carbonyl (C=O) groups excluding carboxylic acids is 2. The molecule has 1 rings (SSSR count). The van der Waals surface area contributed by atoms with Crippen molar-refractivity contribution in [2.24, 2.45) is 12.8 Å². The van der Waals surface area contributed by atoms with Crippen molar-refractivity contribution in [1.82, 2.24) is 9.88 Å². The summed E-state index contributed by atoms with van der Waals surface area (Å²) >= 11 is 3.87. The number of amides is 2. The predicted molar refractivity (Wildman–Crippen MR) is 73.9 cm³/mol. The third-order valence-corrected chi connectivity index (χ3v) is 2.62. The second-order valence-electron chi connectivity index (χ2n) is 3.83. The molecule has 4 N–H and O–H groups in total. The molecule has 0 unspecified atom stereocenters. The highest BCUT2D eigenvalue weighted by molar-refractivity contribution is 7.81. The van der Waals surface area contributed by atoms with Crippen molar-refractivity contribution in [2.45, 2.75) is 6.42 Å². The lowest BCUT2D eigenvalue weighted by Gasteiger charge is -2.04. The Kier molecular flexibility index (Phi) is 5.73. The average molecular weight is 270 g/mol. The summed E-state index contributed by atoms with van der Waals surface area (Å²) in [6, 6.07) is 1.62. The van der Waals surface area contributed by atoms with Crippen molar-refractivity contribution < 1.29 is 9.59 Å². The largest absolute Gasteiger partial charge is 0.351 e. The molecule has 2 amide bonds. The van der Waals surface area contributed by atoms with Crippen LogP contribution in [0.4, 0.5) is 5.69 Å². The van der Waals surface area contributed by atoms with Crippen LogP contribution in [0.15, 0.2) is 12.3 Å². The molecule has 0 aliphatic heterocycles. The van der Waals surface area contributed by atoms with Gasteiger partial charge in [0.05, 0.1) is 11.4 Å². The number of aryl methyl sites for hydroxylation is 1. The average Bonchev–Trinajstić information content (AvgIpc) is 2.70. The molecule has 0 aliphatic rings. The van der Waals surface area contributed by atoms with Gasteiger partial charge in [0.15, 0.2) is 0 Å². The normalized spacial score (nSPS) is 10.2. The molecule has 0 spiro atoms. The smallest absolute Gasteiger partial charge is 0.267 e. The second kappa shape index (κ2) is 7.07. The fourth-order valence-electron chi connectivity index (χ4n) is 1.45. The van der Waals surface area contributed by atoms with Crippen molar-refractivity contribution in [3.63, 3.8) is 0 Å². The molecular weight excluding hydrogens is 252 g/mol. The number of aromatic nitrogens is 1. The van der Waals surface area contributed by atoms with Crippen molar-refractivity contribution in [1.29, 1.82) is 0 Å². The molecule has 0 fully saturated rings. The molecule has 0 saturated heterocycles. The van der Waals surface area contributed by atoms with Gasteiger partial charge >= 0.3 is 0 Å². The zero-order valence-electron chi connectivity index (χ0n) is 10.3. The van der Waals surface area contributed by atoms with Gasteiger partial charge < -0.3 is 20.9 Å². The summed E-state index contributed by atoms with van der Waals surface area (Å²) in [5.74, 6) is -0.288. The lowest BCUT2D eigenvalue weighted by Crippen LogP contribution is -2.27. The molecule has 1 heterocycles. The fourth-order valence-corrected chi connectivity index (χ4v) is 1.53. The molecule has 0 atom stereocenters. The lowest BCUT2D eigenvalue weighted by molar-refractivity contribution is -0.113. The monoisotopic (exact) mass is 270 g/mol. The van der Waals surface area contributed by atoms with Crippen LogP contribution in [-0.2, 0) is 11.8 Å². The fraction of sp³-hybridized carbons (Fsp3) is 0.455. The molecule has 18 heavy (non-hydrogen) atoms. The van der Waals surface area contributed by atoms with Crippen LogP contribution in [0.2, 0.25) is 0 Å². The topological polar surface area (TPSA) is 89.2 Å². The van der Waals surface area contributed by atoms with E-state index in [4.69, 9.17) is 5.73 Å². The van der Waals surface area contributed by atoms with E-state index in [1.54, 1.807) is 23.9 Å². The molecule has 1 aromatic rings. The maximum absolute atomic E-state index is 11.8. The number of thiol groups is 1. The van der Waals surface area contributed by atoms with Crippen LogP contribution in [0.5, 0.6) is 0 Å². The Hall–Kier alpha value is -1.47. The number of hydrogen-bond donors (Lipinski definition) is 4. The molecule has 100 valence electrons. The van der Waals surface area contributed by atoms with Gasteiger partial charge in [-0.1, -0.05) is 0 Å². The number of carbonyl (C=O) groups is 2. The minimum atomic E-state index is -0.209. The van der Waals surface area contributed by atoms with Crippen molar-refractivity contribution in [2.75, 3.05) is 24.2 Å². The number of nitrogens with two attached hydrogens (primary N) is 1. The molecule has 0 bridgehead atoms. The number of hydrogen-bond acceptors (Lipinski definition) is 4. The standard InChI is InChI=1S/C11H18N4O2S/c1-15-6-8(14-10(16)7-18)5-9(15)11(17)13-4-2-3-12/h5-6,18H,2-4,7,12H2,1H3,(H,13,17)(H,14,16). The van der Waals surface area contributed by atoms with Gasteiger partial charge in [0, 0.05) is 19.8 Å². The van der Waals surface area contributed by atoms with E-state index in [1.807, 2.05) is 0 Å². The van der Waals surface area contributed by atoms with Crippen molar-refractivity contribution in [3.8, 4) is 0 Å². The highest BCUT2D eigenvalue weighted by Gasteiger charge is 2.12. The molecule has 1 aromatic heterocycles. The maximum atomic E-state index is 11.8. The Labute approximate surface area is 111 Å². The van der Waals surface area contributed by atoms with E-state index in [-0.39, 0.29) is 17.6 Å². The zero-order valence-corrected chi connectivity index (χ0v) is 11.2. The predicted octanol–water partition coefficient (Wildman–Crippen LogP) is -0.0280. The van der Waals surface area contributed by atoms with Crippen LogP contribution in [0.25, 0.3) is 0 Å². The summed E-state index contributed by atoms with van der Waals surface area (Å²) in [6.45, 7) is 1.08. The van der Waals surface area contributed by atoms with Gasteiger partial charge in [0.25, 0.3) is 5.91 Å². The Morgan fingerprint density at radius 2 is 2.22 bits per heavy atom. The first-order valence-corrected chi connectivity index (χ1v) is 6.27. The molecule has 0 aromatic carbocycles. The number of anilines is 1. The van der Waals surface area contributed by atoms with Gasteiger partial charge in [-0.3, -0.25) is 9.59 Å². The molecule has 6 nitrogen and oxygen atoms in total. The molecular formula is C11H18N4O2S. The Morgan fingerprint density at radius 1 is 1.50 bits per heavy atom. The summed E-state index contributed by atoms with van der Waals surface area (Å²) in [7, 11) is 1.74. The van der Waals surface area contributed by atoms with Crippen LogP contribution in [0.3, 0.4) is 0 Å². The maximum Gasteiger partial charge on any atom is 0.267 e. The van der Waals surface area contributed by atoms with E-state index < -0.39 is 0 Å². The third kappa shape index (κ3) is 4.08. The zero-order chi connectivity index (χ0) is 13.5. The third-order valence-electron chi connectivity index (χ3n) is 2.33. The highest BCUT2D eigenvalue weighted by atomic mass is 32.1. The van der Waals surface area contributed by atoms with Gasteiger partial charge in [-0.05, 0) is 19.0 Å². The molecule has 7 heteroatoms. The van der Waals surface area contributed by atoms with Gasteiger partial charge in [-0.2, -0.15) is 12.6 Å². The molecule has 0 aliphatic carbocycles. The van der Waals surface area contributed by atoms with E-state index in [2.05, 4.69) is 23.3 Å². The van der Waals surface area contributed by atoms with Crippen LogP contribution >= 0.6 is 12.6 Å². The van der Waals surface area contributed by atoms with Crippen LogP contribution in [-0.4, -0.2) is 35.2 Å². The van der Waals surface area contributed by atoms with Gasteiger partial charge in [-0.25, -0.2) is 0 Å². The van der Waals surface area contributed by atoms with Crippen LogP contribution in [0, 0.1) is 0 Å². The minimum absolute atomic E-state index is 0.104. The van der Waals surface area contributed by atoms with Gasteiger partial charge in [-0.15, -0.1) is 0 Å². The summed E-state index contributed by atoms with van der Waals surface area (Å²) in [4.78, 5) is 23.0. The Bertz CT molecular complexity index is 431. The van der Waals surface area contributed by atoms with E-state index >= 15 is 0 Å².